The van der Waals surface area contributed by atoms with Gasteiger partial charge in [-0.15, -0.1) is 0 Å². The lowest BCUT2D eigenvalue weighted by Crippen LogP contribution is -1.90. The molecular formula is C11H17NO. The highest BCUT2D eigenvalue weighted by Gasteiger charge is 1.93. The van der Waals surface area contributed by atoms with Crippen LogP contribution in [0.25, 0.3) is 0 Å². The summed E-state index contributed by atoms with van der Waals surface area (Å²) >= 11 is 0. The summed E-state index contributed by atoms with van der Waals surface area (Å²) in [6, 6.07) is 7.99. The molecule has 1 aromatic rings. The number of rotatable bonds is 5. The van der Waals surface area contributed by atoms with Crippen LogP contribution in [0.15, 0.2) is 24.3 Å². The number of unbranched alkanes of at least 4 members (excludes halogenated alkanes) is 2. The van der Waals surface area contributed by atoms with Crippen LogP contribution in [0.1, 0.15) is 24.8 Å². The Morgan fingerprint density at radius 1 is 1.15 bits per heavy atom. The van der Waals surface area contributed by atoms with Crippen LogP contribution < -0.4 is 5.73 Å². The van der Waals surface area contributed by atoms with Gasteiger partial charge in [0.25, 0.3) is 0 Å². The normalized spacial score (nSPS) is 10.2. The number of hydrogen-bond acceptors (Lipinski definition) is 2. The first-order valence-electron chi connectivity index (χ1n) is 4.78. The van der Waals surface area contributed by atoms with Crippen molar-refractivity contribution in [3.8, 4) is 0 Å². The number of nitrogens with two attached hydrogens (primary N) is 1. The van der Waals surface area contributed by atoms with E-state index in [0.717, 1.165) is 31.4 Å². The zero-order valence-electron chi connectivity index (χ0n) is 7.87. The highest BCUT2D eigenvalue weighted by molar-refractivity contribution is 5.40. The highest BCUT2D eigenvalue weighted by atomic mass is 16.2. The van der Waals surface area contributed by atoms with Gasteiger partial charge >= 0.3 is 0 Å². The Morgan fingerprint density at radius 2 is 2.00 bits per heavy atom. The van der Waals surface area contributed by atoms with Crippen LogP contribution in [-0.2, 0) is 6.42 Å². The van der Waals surface area contributed by atoms with Crippen molar-refractivity contribution >= 4 is 5.69 Å². The van der Waals surface area contributed by atoms with Crippen LogP contribution in [0.3, 0.4) is 0 Å². The second-order valence-corrected chi connectivity index (χ2v) is 3.28. The van der Waals surface area contributed by atoms with Crippen LogP contribution in [0.5, 0.6) is 0 Å². The summed E-state index contributed by atoms with van der Waals surface area (Å²) in [6.45, 7) is 0.303. The Morgan fingerprint density at radius 3 is 2.69 bits per heavy atom. The third-order valence-corrected chi connectivity index (χ3v) is 2.07. The second-order valence-electron chi connectivity index (χ2n) is 3.28. The molecule has 2 heteroatoms. The monoisotopic (exact) mass is 179 g/mol. The fourth-order valence-electron chi connectivity index (χ4n) is 1.37. The first-order valence-corrected chi connectivity index (χ1v) is 4.78. The lowest BCUT2D eigenvalue weighted by atomic mass is 10.1. The molecule has 3 N–H and O–H groups in total. The molecule has 72 valence electrons. The largest absolute Gasteiger partial charge is 0.399 e. The van der Waals surface area contributed by atoms with Gasteiger partial charge in [0.15, 0.2) is 0 Å². The molecule has 0 saturated carbocycles. The first-order chi connectivity index (χ1) is 6.33. The number of benzene rings is 1. The molecule has 0 saturated heterocycles. The van der Waals surface area contributed by atoms with Crippen LogP contribution in [0.4, 0.5) is 5.69 Å². The molecule has 0 bridgehead atoms. The van der Waals surface area contributed by atoms with Gasteiger partial charge in [-0.05, 0) is 37.0 Å². The number of hydrogen-bond donors (Lipinski definition) is 2. The first kappa shape index (κ1) is 10.1. The molecule has 0 radical (unpaired) electrons. The van der Waals surface area contributed by atoms with Gasteiger partial charge in [-0.25, -0.2) is 0 Å². The SMILES string of the molecule is Nc1cccc(CCCCCO)c1. The predicted molar refractivity (Wildman–Crippen MR) is 55.5 cm³/mol. The van der Waals surface area contributed by atoms with E-state index in [1.165, 1.54) is 5.56 Å². The summed E-state index contributed by atoms with van der Waals surface area (Å²) < 4.78 is 0. The minimum absolute atomic E-state index is 0.303. The van der Waals surface area contributed by atoms with E-state index in [1.807, 2.05) is 18.2 Å². The Balaban J connectivity index is 2.28. The smallest absolute Gasteiger partial charge is 0.0431 e. The summed E-state index contributed by atoms with van der Waals surface area (Å²) in [5, 5.41) is 8.59. The average Bonchev–Trinajstić information content (AvgIpc) is 2.13. The van der Waals surface area contributed by atoms with E-state index in [0.29, 0.717) is 6.61 Å². The van der Waals surface area contributed by atoms with Gasteiger partial charge in [-0.1, -0.05) is 18.6 Å². The Labute approximate surface area is 79.4 Å². The van der Waals surface area contributed by atoms with Gasteiger partial charge in [0.2, 0.25) is 0 Å². The van der Waals surface area contributed by atoms with Gasteiger partial charge in [0.05, 0.1) is 0 Å². The Hall–Kier alpha value is -1.02. The molecule has 0 atom stereocenters. The molecule has 0 heterocycles. The molecule has 0 aromatic heterocycles. The lowest BCUT2D eigenvalue weighted by molar-refractivity contribution is 0.283. The molecule has 0 aliphatic heterocycles. The number of aliphatic hydroxyl groups is 1. The molecule has 0 spiro atoms. The van der Waals surface area contributed by atoms with E-state index in [1.54, 1.807) is 0 Å². The number of aryl methyl sites for hydroxylation is 1. The number of nitrogen functional groups attached to an aromatic ring is 1. The third kappa shape index (κ3) is 3.95. The van der Waals surface area contributed by atoms with Gasteiger partial charge in [0.1, 0.15) is 0 Å². The van der Waals surface area contributed by atoms with Crippen LogP contribution in [0.2, 0.25) is 0 Å². The second kappa shape index (κ2) is 5.60. The zero-order valence-corrected chi connectivity index (χ0v) is 7.87. The highest BCUT2D eigenvalue weighted by Crippen LogP contribution is 2.10. The van der Waals surface area contributed by atoms with E-state index < -0.39 is 0 Å². The predicted octanol–water partition coefficient (Wildman–Crippen LogP) is 1.97. The molecule has 0 aliphatic carbocycles. The zero-order chi connectivity index (χ0) is 9.52. The molecule has 0 fully saturated rings. The van der Waals surface area contributed by atoms with Crippen molar-refractivity contribution < 1.29 is 5.11 Å². The molecule has 13 heavy (non-hydrogen) atoms. The van der Waals surface area contributed by atoms with Crippen molar-refractivity contribution in [2.75, 3.05) is 12.3 Å². The third-order valence-electron chi connectivity index (χ3n) is 2.07. The van der Waals surface area contributed by atoms with Crippen LogP contribution in [0, 0.1) is 0 Å². The quantitative estimate of drug-likeness (QED) is 0.536. The van der Waals surface area contributed by atoms with E-state index in [-0.39, 0.29) is 0 Å². The van der Waals surface area contributed by atoms with Crippen molar-refractivity contribution in [2.45, 2.75) is 25.7 Å². The topological polar surface area (TPSA) is 46.2 Å². The van der Waals surface area contributed by atoms with Crippen LogP contribution in [-0.4, -0.2) is 11.7 Å². The summed E-state index contributed by atoms with van der Waals surface area (Å²) in [5.74, 6) is 0. The maximum absolute atomic E-state index is 8.59. The van der Waals surface area contributed by atoms with Crippen molar-refractivity contribution in [3.63, 3.8) is 0 Å². The summed E-state index contributed by atoms with van der Waals surface area (Å²) in [6.07, 6.45) is 4.18. The number of aliphatic hydroxyl groups excluding tert-OH is 1. The Kier molecular flexibility index (Phi) is 4.33. The van der Waals surface area contributed by atoms with E-state index >= 15 is 0 Å². The minimum Gasteiger partial charge on any atom is -0.399 e. The van der Waals surface area contributed by atoms with Crippen LogP contribution >= 0.6 is 0 Å². The summed E-state index contributed by atoms with van der Waals surface area (Å²) in [4.78, 5) is 0. The fourth-order valence-corrected chi connectivity index (χ4v) is 1.37. The minimum atomic E-state index is 0.303. The van der Waals surface area contributed by atoms with E-state index in [4.69, 9.17) is 10.8 Å². The summed E-state index contributed by atoms with van der Waals surface area (Å²) in [7, 11) is 0. The molecule has 0 unspecified atom stereocenters. The number of anilines is 1. The van der Waals surface area contributed by atoms with Crippen molar-refractivity contribution in [1.82, 2.24) is 0 Å². The van der Waals surface area contributed by atoms with E-state index in [9.17, 15) is 0 Å². The maximum Gasteiger partial charge on any atom is 0.0431 e. The van der Waals surface area contributed by atoms with E-state index in [2.05, 4.69) is 6.07 Å². The Bertz CT molecular complexity index is 248. The van der Waals surface area contributed by atoms with Gasteiger partial charge in [-0.2, -0.15) is 0 Å². The fraction of sp³-hybridized carbons (Fsp3) is 0.455. The van der Waals surface area contributed by atoms with Gasteiger partial charge in [0, 0.05) is 12.3 Å². The molecule has 1 rings (SSSR count). The summed E-state index contributed by atoms with van der Waals surface area (Å²) in [5.41, 5.74) is 7.77. The van der Waals surface area contributed by atoms with Gasteiger partial charge in [-0.3, -0.25) is 0 Å². The maximum atomic E-state index is 8.59. The average molecular weight is 179 g/mol. The van der Waals surface area contributed by atoms with Crippen molar-refractivity contribution in [3.05, 3.63) is 29.8 Å². The molecular weight excluding hydrogens is 162 g/mol. The lowest BCUT2D eigenvalue weighted by Gasteiger charge is -2.01. The van der Waals surface area contributed by atoms with Crippen molar-refractivity contribution in [2.24, 2.45) is 0 Å². The molecule has 0 aliphatic rings. The van der Waals surface area contributed by atoms with Gasteiger partial charge < -0.3 is 10.8 Å². The standard InChI is InChI=1S/C11H17NO/c12-11-7-4-6-10(9-11)5-2-1-3-8-13/h4,6-7,9,13H,1-3,5,8,12H2. The molecule has 0 amide bonds. The molecule has 2 nitrogen and oxygen atoms in total. The molecule has 1 aromatic carbocycles. The van der Waals surface area contributed by atoms with Crippen molar-refractivity contribution in [1.29, 1.82) is 0 Å².